The van der Waals surface area contributed by atoms with Crippen molar-refractivity contribution in [2.75, 3.05) is 33.0 Å². The van der Waals surface area contributed by atoms with E-state index in [-0.39, 0.29) is 39.3 Å². The van der Waals surface area contributed by atoms with E-state index in [2.05, 4.69) is 0 Å². The highest BCUT2D eigenvalue weighted by Crippen LogP contribution is 2.24. The summed E-state index contributed by atoms with van der Waals surface area (Å²) in [5.41, 5.74) is 3.17. The average molecular weight is 405 g/mol. The molecule has 0 aromatic carbocycles. The number of ether oxygens (including phenoxy) is 5. The van der Waals surface area contributed by atoms with Gasteiger partial charge in [0.15, 0.2) is 0 Å². The van der Waals surface area contributed by atoms with Gasteiger partial charge in [0, 0.05) is 13.0 Å². The van der Waals surface area contributed by atoms with Crippen LogP contribution in [0.15, 0.2) is 0 Å². The molecule has 0 radical (unpaired) electrons. The highest BCUT2D eigenvalue weighted by atomic mass is 16.6. The molecule has 0 amide bonds. The Bertz CT molecular complexity index is 483. The summed E-state index contributed by atoms with van der Waals surface area (Å²) in [5, 5.41) is 0. The Balaban J connectivity index is 5.43. The van der Waals surface area contributed by atoms with E-state index >= 15 is 0 Å². The number of hydrogen-bond donors (Lipinski definition) is 1. The van der Waals surface area contributed by atoms with Gasteiger partial charge in [0.2, 0.25) is 0 Å². The molecule has 0 aromatic rings. The third-order valence-corrected chi connectivity index (χ3v) is 3.51. The first-order valence-corrected chi connectivity index (χ1v) is 9.58. The summed E-state index contributed by atoms with van der Waals surface area (Å²) < 4.78 is 26.1. The topological polar surface area (TPSA) is 123 Å². The smallest absolute Gasteiger partial charge is 0.350 e. The highest BCUT2D eigenvalue weighted by molar-refractivity contribution is 6.03. The predicted octanol–water partition coefficient (Wildman–Crippen LogP) is 1.35. The van der Waals surface area contributed by atoms with E-state index < -0.39 is 35.2 Å². The van der Waals surface area contributed by atoms with Crippen LogP contribution >= 0.6 is 0 Å². The van der Waals surface area contributed by atoms with Gasteiger partial charge < -0.3 is 29.4 Å². The lowest BCUT2D eigenvalue weighted by Gasteiger charge is -2.30. The molecule has 1 unspecified atom stereocenters. The van der Waals surface area contributed by atoms with E-state index in [1.54, 1.807) is 34.6 Å². The Morgan fingerprint density at radius 1 is 0.893 bits per heavy atom. The molecule has 0 saturated heterocycles. The van der Waals surface area contributed by atoms with Gasteiger partial charge in [-0.15, -0.1) is 0 Å². The summed E-state index contributed by atoms with van der Waals surface area (Å²) in [4.78, 5) is 37.3. The van der Waals surface area contributed by atoms with Gasteiger partial charge in [-0.25, -0.2) is 9.59 Å². The van der Waals surface area contributed by atoms with Gasteiger partial charge in [-0.1, -0.05) is 0 Å². The summed E-state index contributed by atoms with van der Waals surface area (Å²) in [7, 11) is 0. The number of carbonyl (C=O) groups excluding carboxylic acids is 3. The molecule has 0 saturated carbocycles. The molecule has 0 rings (SSSR count). The fourth-order valence-electron chi connectivity index (χ4n) is 2.25. The summed E-state index contributed by atoms with van der Waals surface area (Å²) in [6, 6.07) is -1.04. The minimum Gasteiger partial charge on any atom is -0.463 e. The van der Waals surface area contributed by atoms with Crippen molar-refractivity contribution in [3.63, 3.8) is 0 Å². The molecule has 0 aromatic heterocycles. The molecule has 0 aliphatic rings. The van der Waals surface area contributed by atoms with Gasteiger partial charge >= 0.3 is 17.9 Å². The maximum Gasteiger partial charge on any atom is 0.350 e. The lowest BCUT2D eigenvalue weighted by atomic mass is 9.94. The Morgan fingerprint density at radius 2 is 1.43 bits per heavy atom. The normalized spacial score (nSPS) is 13.0. The van der Waals surface area contributed by atoms with E-state index in [1.165, 1.54) is 0 Å². The van der Waals surface area contributed by atoms with Crippen LogP contribution in [0.4, 0.5) is 0 Å². The monoisotopic (exact) mass is 405 g/mol. The molecular formula is C19H35NO8. The van der Waals surface area contributed by atoms with Crippen molar-refractivity contribution < 1.29 is 38.1 Å². The molecule has 1 atom stereocenters. The second-order valence-electron chi connectivity index (χ2n) is 6.99. The van der Waals surface area contributed by atoms with Crippen LogP contribution in [0.3, 0.4) is 0 Å². The molecule has 0 aliphatic heterocycles. The van der Waals surface area contributed by atoms with Gasteiger partial charge in [0.05, 0.1) is 26.4 Å². The van der Waals surface area contributed by atoms with Crippen LogP contribution in [0.2, 0.25) is 0 Å². The van der Waals surface area contributed by atoms with Crippen LogP contribution in [0, 0.1) is 0 Å². The van der Waals surface area contributed by atoms with Crippen LogP contribution in [0.25, 0.3) is 0 Å². The van der Waals surface area contributed by atoms with E-state index in [1.807, 2.05) is 6.92 Å². The van der Waals surface area contributed by atoms with Crippen molar-refractivity contribution in [1.82, 2.24) is 0 Å². The van der Waals surface area contributed by atoms with Crippen molar-refractivity contribution in [3.05, 3.63) is 0 Å². The summed E-state index contributed by atoms with van der Waals surface area (Å²) >= 11 is 0. The molecule has 9 nitrogen and oxygen atoms in total. The van der Waals surface area contributed by atoms with Crippen molar-refractivity contribution in [2.45, 2.75) is 71.6 Å². The third kappa shape index (κ3) is 8.99. The summed E-state index contributed by atoms with van der Waals surface area (Å²) in [6.07, 6.45) is -0.238. The minimum absolute atomic E-state index is 0.0346. The first-order valence-electron chi connectivity index (χ1n) is 9.58. The highest BCUT2D eigenvalue weighted by Gasteiger charge is 2.50. The quantitative estimate of drug-likeness (QED) is 0.209. The molecule has 0 bridgehead atoms. The Hall–Kier alpha value is -1.71. The molecule has 28 heavy (non-hydrogen) atoms. The largest absolute Gasteiger partial charge is 0.463 e. The molecule has 9 heteroatoms. The number of hydrogen-bond acceptors (Lipinski definition) is 9. The Kier molecular flexibility index (Phi) is 11.9. The van der Waals surface area contributed by atoms with Crippen molar-refractivity contribution in [2.24, 2.45) is 5.73 Å². The van der Waals surface area contributed by atoms with E-state index in [0.29, 0.717) is 6.61 Å². The third-order valence-electron chi connectivity index (χ3n) is 3.51. The standard InChI is InChI=1S/C19H35NO8/c1-7-24-12-13-27-19(16(22)25-8-2,17(23)26-9-3)11-10-14(20)15(21)28-18(4,5)6/h14H,7-13,20H2,1-6H3. The van der Waals surface area contributed by atoms with Crippen LogP contribution < -0.4 is 5.73 Å². The minimum atomic E-state index is -2.03. The number of carbonyl (C=O) groups is 3. The lowest BCUT2D eigenvalue weighted by Crippen LogP contribution is -2.53. The molecule has 2 N–H and O–H groups in total. The van der Waals surface area contributed by atoms with E-state index in [0.717, 1.165) is 0 Å². The first-order chi connectivity index (χ1) is 13.0. The maximum absolute atomic E-state index is 12.6. The van der Waals surface area contributed by atoms with Gasteiger partial charge in [0.1, 0.15) is 11.6 Å². The predicted molar refractivity (Wildman–Crippen MR) is 101 cm³/mol. The van der Waals surface area contributed by atoms with Gasteiger partial charge in [-0.3, -0.25) is 4.79 Å². The molecule has 0 spiro atoms. The average Bonchev–Trinajstić information content (AvgIpc) is 2.59. The summed E-state index contributed by atoms with van der Waals surface area (Å²) in [6.45, 7) is 10.9. The molecule has 0 fully saturated rings. The van der Waals surface area contributed by atoms with Gasteiger partial charge in [-0.2, -0.15) is 0 Å². The SMILES string of the molecule is CCOCCOC(CCC(N)C(=O)OC(C)(C)C)(C(=O)OCC)C(=O)OCC. The van der Waals surface area contributed by atoms with Crippen molar-refractivity contribution in [3.8, 4) is 0 Å². The van der Waals surface area contributed by atoms with E-state index in [4.69, 9.17) is 29.4 Å². The van der Waals surface area contributed by atoms with Crippen LogP contribution in [-0.4, -0.2) is 68.2 Å². The lowest BCUT2D eigenvalue weighted by molar-refractivity contribution is -0.194. The van der Waals surface area contributed by atoms with Crippen LogP contribution in [0.1, 0.15) is 54.4 Å². The second-order valence-corrected chi connectivity index (χ2v) is 6.99. The first kappa shape index (κ1) is 26.3. The molecular weight excluding hydrogens is 370 g/mol. The molecule has 0 aliphatic carbocycles. The van der Waals surface area contributed by atoms with Gasteiger partial charge in [0.25, 0.3) is 5.60 Å². The number of nitrogens with two attached hydrogens (primary N) is 1. The Labute approximate surface area is 167 Å². The molecule has 164 valence electrons. The van der Waals surface area contributed by atoms with Crippen LogP contribution in [-0.2, 0) is 38.1 Å². The fourth-order valence-corrected chi connectivity index (χ4v) is 2.25. The zero-order chi connectivity index (χ0) is 21.8. The maximum atomic E-state index is 12.6. The van der Waals surface area contributed by atoms with Crippen molar-refractivity contribution >= 4 is 17.9 Å². The fraction of sp³-hybridized carbons (Fsp3) is 0.842. The number of rotatable bonds is 13. The summed E-state index contributed by atoms with van der Waals surface area (Å²) in [5.74, 6) is -2.41. The van der Waals surface area contributed by atoms with E-state index in [9.17, 15) is 14.4 Å². The van der Waals surface area contributed by atoms with Gasteiger partial charge in [-0.05, 0) is 48.0 Å². The molecule has 0 heterocycles. The zero-order valence-corrected chi connectivity index (χ0v) is 17.9. The second kappa shape index (κ2) is 12.7. The number of esters is 3. The Morgan fingerprint density at radius 3 is 1.86 bits per heavy atom. The zero-order valence-electron chi connectivity index (χ0n) is 17.9. The van der Waals surface area contributed by atoms with Crippen molar-refractivity contribution in [1.29, 1.82) is 0 Å². The van der Waals surface area contributed by atoms with Crippen LogP contribution in [0.5, 0.6) is 0 Å².